The molecule has 162 valence electrons. The van der Waals surface area contributed by atoms with Crippen LogP contribution in [0.4, 0.5) is 5.69 Å². The van der Waals surface area contributed by atoms with Crippen molar-refractivity contribution in [2.45, 2.75) is 49.8 Å². The zero-order valence-corrected chi connectivity index (χ0v) is 17.9. The minimum absolute atomic E-state index is 0.133. The number of carbonyl (C=O) groups is 1. The van der Waals surface area contributed by atoms with Crippen molar-refractivity contribution in [2.24, 2.45) is 34.3 Å². The molecule has 1 atom stereocenters. The molecule has 5 fully saturated rings. The first kappa shape index (κ1) is 20.1. The van der Waals surface area contributed by atoms with Gasteiger partial charge in [-0.2, -0.15) is 4.31 Å². The Morgan fingerprint density at radius 1 is 1.07 bits per heavy atom. The zero-order valence-electron chi connectivity index (χ0n) is 17.1. The van der Waals surface area contributed by atoms with Crippen LogP contribution < -0.4 is 5.32 Å². The van der Waals surface area contributed by atoms with Crippen LogP contribution in [0.25, 0.3) is 0 Å². The normalized spacial score (nSPS) is 35.5. The Labute approximate surface area is 177 Å². The largest absolute Gasteiger partial charge is 0.355 e. The smallest absolute Gasteiger partial charge is 0.243 e. The third-order valence-electron chi connectivity index (χ3n) is 7.90. The number of nitroso groups, excluding NO2 is 1. The number of benzene rings is 1. The van der Waals surface area contributed by atoms with Gasteiger partial charge in [0, 0.05) is 25.0 Å². The third kappa shape index (κ3) is 3.47. The molecule has 1 amide bonds. The number of nitrogens with zero attached hydrogens (tertiary/aromatic N) is 2. The highest BCUT2D eigenvalue weighted by Gasteiger charge is 2.54. The molecule has 4 aliphatic carbocycles. The quantitative estimate of drug-likeness (QED) is 0.698. The predicted octanol–water partition coefficient (Wildman–Crippen LogP) is 3.43. The summed E-state index contributed by atoms with van der Waals surface area (Å²) < 4.78 is 27.2. The van der Waals surface area contributed by atoms with E-state index >= 15 is 0 Å². The van der Waals surface area contributed by atoms with Crippen LogP contribution in [-0.2, 0) is 14.8 Å². The number of sulfonamides is 1. The van der Waals surface area contributed by atoms with Crippen molar-refractivity contribution in [1.82, 2.24) is 9.62 Å². The molecule has 1 aromatic rings. The van der Waals surface area contributed by atoms with Crippen LogP contribution in [0.3, 0.4) is 0 Å². The lowest BCUT2D eigenvalue weighted by Gasteiger charge is -2.55. The van der Waals surface area contributed by atoms with Gasteiger partial charge in [-0.1, -0.05) is 0 Å². The van der Waals surface area contributed by atoms with Gasteiger partial charge in [0.25, 0.3) is 0 Å². The molecular weight excluding hydrogens is 402 g/mol. The van der Waals surface area contributed by atoms with E-state index in [1.54, 1.807) is 0 Å². The standard InChI is InChI=1S/C22H29N3O4S/c26-21(22-10-16-7-17(11-22)9-18(8-16)12-22)23-13-15-5-6-25(14-15)30(28,29)20-3-1-19(24-27)2-4-20/h1-4,15-18H,5-14H2,(H,23,26). The molecule has 6 rings (SSSR count). The Bertz CT molecular complexity index is 908. The molecule has 1 unspecified atom stereocenters. The van der Waals surface area contributed by atoms with Crippen LogP contribution in [0.15, 0.2) is 34.3 Å². The van der Waals surface area contributed by atoms with Crippen molar-refractivity contribution in [3.63, 3.8) is 0 Å². The molecule has 8 heteroatoms. The van der Waals surface area contributed by atoms with E-state index in [4.69, 9.17) is 0 Å². The van der Waals surface area contributed by atoms with E-state index < -0.39 is 10.0 Å². The predicted molar refractivity (Wildman–Crippen MR) is 112 cm³/mol. The molecule has 1 aromatic carbocycles. The van der Waals surface area contributed by atoms with Gasteiger partial charge in [0.15, 0.2) is 0 Å². The van der Waals surface area contributed by atoms with Gasteiger partial charge in [-0.3, -0.25) is 4.79 Å². The first-order valence-electron chi connectivity index (χ1n) is 11.1. The van der Waals surface area contributed by atoms with Crippen molar-refractivity contribution in [3.8, 4) is 0 Å². The second kappa shape index (κ2) is 7.41. The van der Waals surface area contributed by atoms with Gasteiger partial charge in [-0.25, -0.2) is 8.42 Å². The Morgan fingerprint density at radius 2 is 1.67 bits per heavy atom. The van der Waals surface area contributed by atoms with Crippen LogP contribution in [-0.4, -0.2) is 38.3 Å². The van der Waals surface area contributed by atoms with E-state index in [0.717, 1.165) is 43.4 Å². The van der Waals surface area contributed by atoms with E-state index in [1.807, 2.05) is 0 Å². The van der Waals surface area contributed by atoms with Gasteiger partial charge in [0.05, 0.1) is 4.90 Å². The van der Waals surface area contributed by atoms with E-state index in [2.05, 4.69) is 10.5 Å². The highest BCUT2D eigenvalue weighted by Crippen LogP contribution is 2.60. The summed E-state index contributed by atoms with van der Waals surface area (Å²) in [6.45, 7) is 1.41. The summed E-state index contributed by atoms with van der Waals surface area (Å²) in [5.74, 6) is 2.54. The fourth-order valence-corrected chi connectivity index (χ4v) is 8.35. The number of hydrogen-bond donors (Lipinski definition) is 1. The topological polar surface area (TPSA) is 95.9 Å². The summed E-state index contributed by atoms with van der Waals surface area (Å²) in [6, 6.07) is 5.68. The summed E-state index contributed by atoms with van der Waals surface area (Å²) in [4.78, 5) is 23.9. The average molecular weight is 432 g/mol. The van der Waals surface area contributed by atoms with Gasteiger partial charge < -0.3 is 5.32 Å². The molecule has 1 heterocycles. The second-order valence-electron chi connectivity index (χ2n) is 10.0. The van der Waals surface area contributed by atoms with E-state index in [9.17, 15) is 18.1 Å². The maximum atomic E-state index is 13.1. The lowest BCUT2D eigenvalue weighted by Crippen LogP contribution is -2.54. The van der Waals surface area contributed by atoms with Gasteiger partial charge >= 0.3 is 0 Å². The summed E-state index contributed by atoms with van der Waals surface area (Å²) >= 11 is 0. The maximum absolute atomic E-state index is 13.1. The van der Waals surface area contributed by atoms with Gasteiger partial charge in [0.2, 0.25) is 15.9 Å². The van der Waals surface area contributed by atoms with Crippen molar-refractivity contribution in [2.75, 3.05) is 19.6 Å². The Morgan fingerprint density at radius 3 is 2.23 bits per heavy atom. The molecule has 1 N–H and O–H groups in total. The number of rotatable bonds is 6. The number of carbonyl (C=O) groups excluding carboxylic acids is 1. The Balaban J connectivity index is 1.19. The highest BCUT2D eigenvalue weighted by atomic mass is 32.2. The SMILES string of the molecule is O=Nc1ccc(S(=O)(=O)N2CCC(CNC(=O)C34CC5CC(CC(C5)C3)C4)C2)cc1. The van der Waals surface area contributed by atoms with Crippen LogP contribution in [0, 0.1) is 34.0 Å². The van der Waals surface area contributed by atoms with E-state index in [-0.39, 0.29) is 27.8 Å². The fraction of sp³-hybridized carbons (Fsp3) is 0.682. The molecule has 4 bridgehead atoms. The number of amides is 1. The minimum Gasteiger partial charge on any atom is -0.355 e. The van der Waals surface area contributed by atoms with Gasteiger partial charge in [0.1, 0.15) is 5.69 Å². The van der Waals surface area contributed by atoms with E-state index in [0.29, 0.717) is 19.6 Å². The minimum atomic E-state index is -3.60. The van der Waals surface area contributed by atoms with Crippen LogP contribution in [0.5, 0.6) is 0 Å². The molecule has 4 saturated carbocycles. The molecule has 7 nitrogen and oxygen atoms in total. The highest BCUT2D eigenvalue weighted by molar-refractivity contribution is 7.89. The van der Waals surface area contributed by atoms with Gasteiger partial charge in [-0.15, -0.1) is 4.91 Å². The van der Waals surface area contributed by atoms with Crippen LogP contribution in [0.2, 0.25) is 0 Å². The van der Waals surface area contributed by atoms with Crippen LogP contribution >= 0.6 is 0 Å². The summed E-state index contributed by atoms with van der Waals surface area (Å²) in [6.07, 6.45) is 7.81. The third-order valence-corrected chi connectivity index (χ3v) is 9.78. The molecule has 5 aliphatic rings. The van der Waals surface area contributed by atoms with Crippen molar-refractivity contribution in [3.05, 3.63) is 29.2 Å². The summed E-state index contributed by atoms with van der Waals surface area (Å²) in [5.41, 5.74) is 0.0497. The monoisotopic (exact) mass is 431 g/mol. The molecule has 1 saturated heterocycles. The number of nitrogens with one attached hydrogen (secondary N) is 1. The Kier molecular flexibility index (Phi) is 4.97. The molecule has 0 aromatic heterocycles. The van der Waals surface area contributed by atoms with Crippen LogP contribution in [0.1, 0.15) is 44.9 Å². The lowest BCUT2D eigenvalue weighted by molar-refractivity contribution is -0.146. The first-order valence-corrected chi connectivity index (χ1v) is 12.5. The summed E-state index contributed by atoms with van der Waals surface area (Å²) in [5, 5.41) is 6.01. The Hall–Kier alpha value is -1.80. The van der Waals surface area contributed by atoms with E-state index in [1.165, 1.54) is 47.8 Å². The first-order chi connectivity index (χ1) is 14.4. The summed E-state index contributed by atoms with van der Waals surface area (Å²) in [7, 11) is -3.60. The molecular formula is C22H29N3O4S. The molecule has 0 radical (unpaired) electrons. The molecule has 30 heavy (non-hydrogen) atoms. The van der Waals surface area contributed by atoms with Crippen molar-refractivity contribution < 1.29 is 13.2 Å². The second-order valence-corrected chi connectivity index (χ2v) is 11.9. The zero-order chi connectivity index (χ0) is 20.9. The molecule has 0 spiro atoms. The van der Waals surface area contributed by atoms with Crippen molar-refractivity contribution >= 4 is 21.6 Å². The number of hydrogen-bond acceptors (Lipinski definition) is 5. The van der Waals surface area contributed by atoms with Crippen molar-refractivity contribution in [1.29, 1.82) is 0 Å². The lowest BCUT2D eigenvalue weighted by atomic mass is 9.49. The molecule has 1 aliphatic heterocycles. The average Bonchev–Trinajstić information content (AvgIpc) is 3.21. The fourth-order valence-electron chi connectivity index (χ4n) is 6.82. The van der Waals surface area contributed by atoms with Gasteiger partial charge in [-0.05, 0) is 98.1 Å². The maximum Gasteiger partial charge on any atom is 0.243 e.